The third-order valence-corrected chi connectivity index (χ3v) is 3.69. The molecular formula is C10H14N2OS. The molecule has 1 aliphatic heterocycles. The first-order chi connectivity index (χ1) is 6.77. The summed E-state index contributed by atoms with van der Waals surface area (Å²) in [7, 11) is 0. The second kappa shape index (κ2) is 4.19. The van der Waals surface area contributed by atoms with Gasteiger partial charge in [-0.05, 0) is 19.4 Å². The molecule has 0 bridgehead atoms. The topological polar surface area (TPSA) is 42.0 Å². The molecule has 1 saturated heterocycles. The second-order valence-corrected chi connectivity index (χ2v) is 4.68. The largest absolute Gasteiger partial charge is 0.308 e. The van der Waals surface area contributed by atoms with Crippen LogP contribution in [-0.4, -0.2) is 17.3 Å². The summed E-state index contributed by atoms with van der Waals surface area (Å²) < 4.78 is 0. The van der Waals surface area contributed by atoms with Gasteiger partial charge in [-0.15, -0.1) is 11.3 Å². The molecule has 1 fully saturated rings. The Morgan fingerprint density at radius 3 is 3.07 bits per heavy atom. The number of thiazole rings is 1. The van der Waals surface area contributed by atoms with Gasteiger partial charge in [-0.2, -0.15) is 0 Å². The molecule has 14 heavy (non-hydrogen) atoms. The maximum absolute atomic E-state index is 11.1. The zero-order valence-corrected chi connectivity index (χ0v) is 9.06. The van der Waals surface area contributed by atoms with Crippen LogP contribution in [0.15, 0.2) is 6.20 Å². The first kappa shape index (κ1) is 9.80. The predicted octanol–water partition coefficient (Wildman–Crippen LogP) is 2.16. The Kier molecular flexibility index (Phi) is 2.93. The van der Waals surface area contributed by atoms with Crippen LogP contribution in [0.1, 0.15) is 46.9 Å². The average Bonchev–Trinajstić information content (AvgIpc) is 2.68. The molecule has 3 nitrogen and oxygen atoms in total. The summed E-state index contributed by atoms with van der Waals surface area (Å²) in [4.78, 5) is 16.2. The van der Waals surface area contributed by atoms with Crippen molar-refractivity contribution in [3.8, 4) is 0 Å². The van der Waals surface area contributed by atoms with Crippen molar-refractivity contribution in [2.24, 2.45) is 0 Å². The molecule has 0 amide bonds. The van der Waals surface area contributed by atoms with Crippen molar-refractivity contribution in [3.05, 3.63) is 16.1 Å². The summed E-state index contributed by atoms with van der Waals surface area (Å²) in [5.41, 5.74) is 0. The number of Topliss-reactive ketones (excluding diaryl/α,β-unsaturated/α-hetero) is 1. The van der Waals surface area contributed by atoms with Crippen molar-refractivity contribution >= 4 is 17.1 Å². The number of ketones is 1. The number of nitrogens with zero attached hydrogens (tertiary/aromatic N) is 1. The number of hydrogen-bond donors (Lipinski definition) is 1. The lowest BCUT2D eigenvalue weighted by Gasteiger charge is -2.20. The number of aromatic nitrogens is 1. The minimum atomic E-state index is 0.115. The first-order valence-electron chi connectivity index (χ1n) is 4.97. The standard InChI is InChI=1S/C10H14N2OS/c1-7(13)9-6-12-10(14-9)8-4-2-3-5-11-8/h6,8,11H,2-5H2,1H3. The van der Waals surface area contributed by atoms with Crippen molar-refractivity contribution < 1.29 is 4.79 Å². The van der Waals surface area contributed by atoms with Gasteiger partial charge < -0.3 is 5.32 Å². The van der Waals surface area contributed by atoms with Gasteiger partial charge in [0, 0.05) is 13.1 Å². The number of hydrogen-bond acceptors (Lipinski definition) is 4. The van der Waals surface area contributed by atoms with Gasteiger partial charge >= 0.3 is 0 Å². The summed E-state index contributed by atoms with van der Waals surface area (Å²) >= 11 is 1.52. The summed E-state index contributed by atoms with van der Waals surface area (Å²) in [6, 6.07) is 0.377. The van der Waals surface area contributed by atoms with Crippen LogP contribution in [0.5, 0.6) is 0 Å². The number of rotatable bonds is 2. The van der Waals surface area contributed by atoms with Gasteiger partial charge in [-0.25, -0.2) is 4.98 Å². The normalized spacial score (nSPS) is 22.2. The Morgan fingerprint density at radius 2 is 2.50 bits per heavy atom. The number of nitrogens with one attached hydrogen (secondary N) is 1. The quantitative estimate of drug-likeness (QED) is 0.761. The van der Waals surface area contributed by atoms with Crippen LogP contribution in [0.3, 0.4) is 0 Å². The van der Waals surface area contributed by atoms with Crippen LogP contribution in [0.4, 0.5) is 0 Å². The SMILES string of the molecule is CC(=O)c1cnc(C2CCCCN2)s1. The molecule has 2 rings (SSSR count). The number of piperidine rings is 1. The van der Waals surface area contributed by atoms with E-state index in [1.807, 2.05) is 0 Å². The van der Waals surface area contributed by atoms with Crippen LogP contribution in [-0.2, 0) is 0 Å². The van der Waals surface area contributed by atoms with E-state index in [4.69, 9.17) is 0 Å². The fourth-order valence-electron chi connectivity index (χ4n) is 1.67. The summed E-state index contributed by atoms with van der Waals surface area (Å²) in [5.74, 6) is 0.115. The smallest absolute Gasteiger partial charge is 0.171 e. The van der Waals surface area contributed by atoms with Gasteiger partial charge in [0.05, 0.1) is 10.9 Å². The Balaban J connectivity index is 2.11. The molecule has 0 saturated carbocycles. The van der Waals surface area contributed by atoms with Gasteiger partial charge in [0.25, 0.3) is 0 Å². The monoisotopic (exact) mass is 210 g/mol. The molecule has 2 heterocycles. The van der Waals surface area contributed by atoms with E-state index in [-0.39, 0.29) is 5.78 Å². The van der Waals surface area contributed by atoms with Gasteiger partial charge in [-0.3, -0.25) is 4.79 Å². The molecule has 1 aromatic heterocycles. The number of carbonyl (C=O) groups excluding carboxylic acids is 1. The molecule has 1 unspecified atom stereocenters. The predicted molar refractivity (Wildman–Crippen MR) is 56.7 cm³/mol. The van der Waals surface area contributed by atoms with E-state index < -0.39 is 0 Å². The fourth-order valence-corrected chi connectivity index (χ4v) is 2.60. The van der Waals surface area contributed by atoms with Crippen LogP contribution in [0.2, 0.25) is 0 Å². The molecule has 0 aliphatic carbocycles. The third kappa shape index (κ3) is 2.01. The van der Waals surface area contributed by atoms with Gasteiger partial charge in [0.2, 0.25) is 0 Å². The second-order valence-electron chi connectivity index (χ2n) is 3.62. The molecule has 4 heteroatoms. The molecule has 1 aliphatic rings. The van der Waals surface area contributed by atoms with Crippen LogP contribution >= 0.6 is 11.3 Å². The summed E-state index contributed by atoms with van der Waals surface area (Å²) in [5, 5.41) is 4.49. The molecular weight excluding hydrogens is 196 g/mol. The molecule has 1 aromatic rings. The highest BCUT2D eigenvalue weighted by Crippen LogP contribution is 2.26. The van der Waals surface area contributed by atoms with E-state index in [0.29, 0.717) is 6.04 Å². The van der Waals surface area contributed by atoms with Crippen molar-refractivity contribution in [1.29, 1.82) is 0 Å². The molecule has 0 radical (unpaired) electrons. The highest BCUT2D eigenvalue weighted by atomic mass is 32.1. The maximum Gasteiger partial charge on any atom is 0.171 e. The molecule has 1 atom stereocenters. The third-order valence-electron chi connectivity index (χ3n) is 2.48. The van der Waals surface area contributed by atoms with Crippen molar-refractivity contribution in [3.63, 3.8) is 0 Å². The Bertz CT molecular complexity index is 329. The van der Waals surface area contributed by atoms with Crippen molar-refractivity contribution in [2.75, 3.05) is 6.54 Å². The molecule has 0 spiro atoms. The average molecular weight is 210 g/mol. The Hall–Kier alpha value is -0.740. The molecule has 76 valence electrons. The van der Waals surface area contributed by atoms with Crippen molar-refractivity contribution in [2.45, 2.75) is 32.2 Å². The van der Waals surface area contributed by atoms with Crippen molar-refractivity contribution in [1.82, 2.24) is 10.3 Å². The Morgan fingerprint density at radius 1 is 1.64 bits per heavy atom. The molecule has 1 N–H and O–H groups in total. The number of carbonyl (C=O) groups is 1. The minimum Gasteiger partial charge on any atom is -0.308 e. The maximum atomic E-state index is 11.1. The van der Waals surface area contributed by atoms with Crippen LogP contribution < -0.4 is 5.32 Å². The lowest BCUT2D eigenvalue weighted by atomic mass is 10.1. The van der Waals surface area contributed by atoms with Gasteiger partial charge in [-0.1, -0.05) is 6.42 Å². The van der Waals surface area contributed by atoms with Gasteiger partial charge in [0.1, 0.15) is 5.01 Å². The summed E-state index contributed by atoms with van der Waals surface area (Å²) in [6.45, 7) is 2.66. The van der Waals surface area contributed by atoms with E-state index in [1.54, 1.807) is 13.1 Å². The van der Waals surface area contributed by atoms with E-state index >= 15 is 0 Å². The van der Waals surface area contributed by atoms with E-state index in [0.717, 1.165) is 22.9 Å². The minimum absolute atomic E-state index is 0.115. The first-order valence-corrected chi connectivity index (χ1v) is 5.79. The zero-order chi connectivity index (χ0) is 9.97. The fraction of sp³-hybridized carbons (Fsp3) is 0.600. The van der Waals surface area contributed by atoms with Gasteiger partial charge in [0.15, 0.2) is 5.78 Å². The molecule has 0 aromatic carbocycles. The van der Waals surface area contributed by atoms with Crippen LogP contribution in [0.25, 0.3) is 0 Å². The lowest BCUT2D eigenvalue weighted by Crippen LogP contribution is -2.26. The highest BCUT2D eigenvalue weighted by molar-refractivity contribution is 7.13. The lowest BCUT2D eigenvalue weighted by molar-refractivity contribution is 0.102. The highest BCUT2D eigenvalue weighted by Gasteiger charge is 2.18. The van der Waals surface area contributed by atoms with Crippen LogP contribution in [0, 0.1) is 0 Å². The zero-order valence-electron chi connectivity index (χ0n) is 8.25. The van der Waals surface area contributed by atoms with E-state index in [1.165, 1.54) is 24.2 Å². The van der Waals surface area contributed by atoms with E-state index in [9.17, 15) is 4.79 Å². The summed E-state index contributed by atoms with van der Waals surface area (Å²) in [6.07, 6.45) is 5.34. The Labute approximate surface area is 87.6 Å². The van der Waals surface area contributed by atoms with E-state index in [2.05, 4.69) is 10.3 Å².